The predicted molar refractivity (Wildman–Crippen MR) is 90.3 cm³/mol. The Kier molecular flexibility index (Phi) is 5.11. The van der Waals surface area contributed by atoms with Crippen LogP contribution in [0.2, 0.25) is 0 Å². The van der Waals surface area contributed by atoms with Crippen molar-refractivity contribution in [2.45, 2.75) is 46.0 Å². The van der Waals surface area contributed by atoms with E-state index in [1.807, 2.05) is 32.6 Å². The van der Waals surface area contributed by atoms with Gasteiger partial charge >= 0.3 is 6.18 Å². The van der Waals surface area contributed by atoms with E-state index in [1.165, 1.54) is 12.1 Å². The van der Waals surface area contributed by atoms with Crippen molar-refractivity contribution in [3.05, 3.63) is 65.1 Å². The van der Waals surface area contributed by atoms with Crippen LogP contribution in [-0.2, 0) is 6.18 Å². The normalized spacial score (nSPS) is 16.8. The van der Waals surface area contributed by atoms with Crippen molar-refractivity contribution in [1.82, 2.24) is 4.90 Å². The molecule has 0 aliphatic heterocycles. The van der Waals surface area contributed by atoms with E-state index < -0.39 is 11.7 Å². The molecule has 1 aliphatic carbocycles. The number of hydrogen-bond donors (Lipinski definition) is 1. The van der Waals surface area contributed by atoms with Crippen LogP contribution in [0.1, 0.15) is 38.8 Å². The number of allylic oxidation sites excluding steroid dienone is 5. The number of halogens is 3. The summed E-state index contributed by atoms with van der Waals surface area (Å²) >= 11 is 0. The SMILES string of the molecule is CC(C)N(/C(O)=C1\C=CC=C1c1ccc(C(F)(F)F)cc1)C(C)C. The standard InChI is InChI=1S/C19H22F3NO/c1-12(2)23(13(3)4)18(24)17-7-5-6-16(17)14-8-10-15(11-9-14)19(20,21)22/h5-13,24H,1-4H3/b18-17-. The average molecular weight is 337 g/mol. The van der Waals surface area contributed by atoms with Gasteiger partial charge in [0, 0.05) is 17.7 Å². The third-order valence-electron chi connectivity index (χ3n) is 3.94. The Bertz CT molecular complexity index is 672. The van der Waals surface area contributed by atoms with Gasteiger partial charge in [-0.05, 0) is 57.0 Å². The fourth-order valence-electron chi connectivity index (χ4n) is 2.93. The van der Waals surface area contributed by atoms with E-state index in [1.54, 1.807) is 18.2 Å². The predicted octanol–water partition coefficient (Wildman–Crippen LogP) is 5.55. The summed E-state index contributed by atoms with van der Waals surface area (Å²) in [4.78, 5) is 1.88. The zero-order valence-corrected chi connectivity index (χ0v) is 14.2. The first kappa shape index (κ1) is 18.2. The minimum absolute atomic E-state index is 0.0976. The van der Waals surface area contributed by atoms with Crippen LogP contribution in [0.15, 0.2) is 53.9 Å². The molecule has 1 aliphatic rings. The second kappa shape index (κ2) is 6.75. The number of nitrogens with zero attached hydrogens (tertiary/aromatic N) is 1. The quantitative estimate of drug-likeness (QED) is 0.729. The maximum absolute atomic E-state index is 12.7. The Morgan fingerprint density at radius 3 is 2.00 bits per heavy atom. The molecule has 1 aromatic rings. The molecule has 0 unspecified atom stereocenters. The number of aliphatic hydroxyl groups excluding tert-OH is 1. The number of hydrogen-bond acceptors (Lipinski definition) is 2. The number of alkyl halides is 3. The van der Waals surface area contributed by atoms with Crippen molar-refractivity contribution in [2.75, 3.05) is 0 Å². The minimum Gasteiger partial charge on any atom is -0.494 e. The van der Waals surface area contributed by atoms with Gasteiger partial charge in [-0.3, -0.25) is 0 Å². The van der Waals surface area contributed by atoms with E-state index in [-0.39, 0.29) is 18.0 Å². The molecular formula is C19H22F3NO. The van der Waals surface area contributed by atoms with Crippen molar-refractivity contribution in [2.24, 2.45) is 0 Å². The molecule has 1 aromatic carbocycles. The van der Waals surface area contributed by atoms with Crippen molar-refractivity contribution in [1.29, 1.82) is 0 Å². The van der Waals surface area contributed by atoms with Gasteiger partial charge in [-0.2, -0.15) is 13.2 Å². The van der Waals surface area contributed by atoms with Gasteiger partial charge in [-0.1, -0.05) is 24.3 Å². The molecule has 130 valence electrons. The Balaban J connectivity index is 2.40. The molecule has 0 amide bonds. The van der Waals surface area contributed by atoms with Gasteiger partial charge in [0.25, 0.3) is 0 Å². The van der Waals surface area contributed by atoms with Crippen LogP contribution in [0.25, 0.3) is 5.57 Å². The first-order chi connectivity index (χ1) is 11.1. The summed E-state index contributed by atoms with van der Waals surface area (Å²) in [5.74, 6) is 0.139. The lowest BCUT2D eigenvalue weighted by Gasteiger charge is -2.33. The maximum atomic E-state index is 12.7. The molecule has 0 aromatic heterocycles. The summed E-state index contributed by atoms with van der Waals surface area (Å²) in [6, 6.07) is 5.19. The summed E-state index contributed by atoms with van der Waals surface area (Å²) in [7, 11) is 0. The van der Waals surface area contributed by atoms with E-state index in [0.717, 1.165) is 12.1 Å². The minimum atomic E-state index is -4.35. The first-order valence-corrected chi connectivity index (χ1v) is 7.91. The highest BCUT2D eigenvalue weighted by molar-refractivity contribution is 5.86. The van der Waals surface area contributed by atoms with Crippen LogP contribution in [-0.4, -0.2) is 22.1 Å². The molecule has 2 rings (SSSR count). The van der Waals surface area contributed by atoms with Crippen LogP contribution in [0.4, 0.5) is 13.2 Å². The summed E-state index contributed by atoms with van der Waals surface area (Å²) in [5, 5.41) is 10.7. The first-order valence-electron chi connectivity index (χ1n) is 7.91. The molecule has 0 bridgehead atoms. The zero-order chi connectivity index (χ0) is 18.1. The zero-order valence-electron chi connectivity index (χ0n) is 14.2. The monoisotopic (exact) mass is 337 g/mol. The highest BCUT2D eigenvalue weighted by Crippen LogP contribution is 2.35. The lowest BCUT2D eigenvalue weighted by atomic mass is 9.99. The van der Waals surface area contributed by atoms with Crippen molar-refractivity contribution >= 4 is 5.57 Å². The molecule has 2 nitrogen and oxygen atoms in total. The number of aliphatic hydroxyl groups is 1. The van der Waals surface area contributed by atoms with Crippen molar-refractivity contribution < 1.29 is 18.3 Å². The highest BCUT2D eigenvalue weighted by atomic mass is 19.4. The summed E-state index contributed by atoms with van der Waals surface area (Å²) in [6.07, 6.45) is 1.01. The van der Waals surface area contributed by atoms with Gasteiger partial charge in [-0.15, -0.1) is 0 Å². The Hall–Kier alpha value is -2.17. The Morgan fingerprint density at radius 2 is 1.54 bits per heavy atom. The third kappa shape index (κ3) is 3.66. The van der Waals surface area contributed by atoms with E-state index in [9.17, 15) is 18.3 Å². The van der Waals surface area contributed by atoms with E-state index >= 15 is 0 Å². The van der Waals surface area contributed by atoms with Crippen molar-refractivity contribution in [3.63, 3.8) is 0 Å². The van der Waals surface area contributed by atoms with Gasteiger partial charge < -0.3 is 10.0 Å². The van der Waals surface area contributed by atoms with Crippen LogP contribution >= 0.6 is 0 Å². The maximum Gasteiger partial charge on any atom is 0.416 e. The van der Waals surface area contributed by atoms with Crippen LogP contribution in [0.3, 0.4) is 0 Å². The van der Waals surface area contributed by atoms with Crippen molar-refractivity contribution in [3.8, 4) is 0 Å². The van der Waals surface area contributed by atoms with Gasteiger partial charge in [0.2, 0.25) is 0 Å². The summed E-state index contributed by atoms with van der Waals surface area (Å²) in [6.45, 7) is 7.93. The van der Waals surface area contributed by atoms with Gasteiger partial charge in [0.05, 0.1) is 5.56 Å². The van der Waals surface area contributed by atoms with E-state index in [2.05, 4.69) is 0 Å². The largest absolute Gasteiger partial charge is 0.494 e. The lowest BCUT2D eigenvalue weighted by molar-refractivity contribution is -0.137. The molecule has 0 saturated heterocycles. The number of benzene rings is 1. The van der Waals surface area contributed by atoms with Gasteiger partial charge in [0.1, 0.15) is 0 Å². The van der Waals surface area contributed by atoms with Crippen LogP contribution in [0, 0.1) is 0 Å². The molecule has 24 heavy (non-hydrogen) atoms. The highest BCUT2D eigenvalue weighted by Gasteiger charge is 2.30. The second-order valence-corrected chi connectivity index (χ2v) is 6.35. The van der Waals surface area contributed by atoms with Crippen LogP contribution in [0.5, 0.6) is 0 Å². The fourth-order valence-corrected chi connectivity index (χ4v) is 2.93. The second-order valence-electron chi connectivity index (χ2n) is 6.35. The molecule has 0 saturated carbocycles. The molecule has 0 atom stereocenters. The molecular weight excluding hydrogens is 315 g/mol. The topological polar surface area (TPSA) is 23.5 Å². The summed E-state index contributed by atoms with van der Waals surface area (Å²) in [5.41, 5.74) is 1.30. The number of rotatable bonds is 4. The summed E-state index contributed by atoms with van der Waals surface area (Å²) < 4.78 is 38.1. The lowest BCUT2D eigenvalue weighted by Crippen LogP contribution is -2.36. The smallest absolute Gasteiger partial charge is 0.416 e. The van der Waals surface area contributed by atoms with E-state index in [4.69, 9.17) is 0 Å². The molecule has 0 spiro atoms. The molecule has 5 heteroatoms. The Labute approximate surface area is 140 Å². The molecule has 0 fully saturated rings. The molecule has 1 N–H and O–H groups in total. The van der Waals surface area contributed by atoms with Crippen LogP contribution < -0.4 is 0 Å². The Morgan fingerprint density at radius 1 is 1.00 bits per heavy atom. The molecule has 0 radical (unpaired) electrons. The fraction of sp³-hybridized carbons (Fsp3) is 0.368. The van der Waals surface area contributed by atoms with Gasteiger partial charge in [-0.25, -0.2) is 0 Å². The average Bonchev–Trinajstić information content (AvgIpc) is 2.95. The third-order valence-corrected chi connectivity index (χ3v) is 3.94. The van der Waals surface area contributed by atoms with Gasteiger partial charge in [0.15, 0.2) is 5.88 Å². The molecule has 0 heterocycles. The van der Waals surface area contributed by atoms with E-state index in [0.29, 0.717) is 16.7 Å².